The first-order valence-electron chi connectivity index (χ1n) is 3.73. The highest BCUT2D eigenvalue weighted by Crippen LogP contribution is 2.32. The molecule has 0 aliphatic heterocycles. The maximum atomic E-state index is 5.78. The Morgan fingerprint density at radius 2 is 2.08 bits per heavy atom. The molecule has 2 rings (SSSR count). The average Bonchev–Trinajstić information content (AvgIpc) is 2.52. The monoisotopic (exact) mass is 254 g/mol. The minimum atomic E-state index is 0.756. The van der Waals surface area contributed by atoms with Gasteiger partial charge in [-0.25, -0.2) is 4.98 Å². The summed E-state index contributed by atoms with van der Waals surface area (Å²) in [6, 6.07) is 7.92. The van der Waals surface area contributed by atoms with Gasteiger partial charge in [0.15, 0.2) is 0 Å². The second kappa shape index (κ2) is 3.47. The maximum absolute atomic E-state index is 5.78. The third kappa shape index (κ3) is 1.59. The Labute approximate surface area is 88.6 Å². The van der Waals surface area contributed by atoms with Gasteiger partial charge in [0.2, 0.25) is 0 Å². The molecule has 1 aromatic heterocycles. The lowest BCUT2D eigenvalue weighted by molar-refractivity contribution is 1.40. The summed E-state index contributed by atoms with van der Waals surface area (Å²) < 4.78 is 1.02. The van der Waals surface area contributed by atoms with Crippen molar-refractivity contribution < 1.29 is 0 Å². The van der Waals surface area contributed by atoms with Gasteiger partial charge in [-0.3, -0.25) is 0 Å². The summed E-state index contributed by atoms with van der Waals surface area (Å²) in [5.74, 6) is 0. The number of thiazole rings is 1. The van der Waals surface area contributed by atoms with Crippen molar-refractivity contribution in [1.82, 2.24) is 4.98 Å². The smallest absolute Gasteiger partial charge is 0.114 e. The molecule has 0 saturated carbocycles. The largest absolute Gasteiger partial charge is 0.389 e. The van der Waals surface area contributed by atoms with Crippen molar-refractivity contribution >= 4 is 32.3 Å². The zero-order valence-corrected chi connectivity index (χ0v) is 9.10. The van der Waals surface area contributed by atoms with Gasteiger partial charge < -0.3 is 5.73 Å². The fourth-order valence-corrected chi connectivity index (χ4v) is 2.13. The predicted molar refractivity (Wildman–Crippen MR) is 59.7 cm³/mol. The molecule has 0 fully saturated rings. The summed E-state index contributed by atoms with van der Waals surface area (Å²) in [6.07, 6.45) is 0. The number of benzene rings is 1. The van der Waals surface area contributed by atoms with Crippen LogP contribution in [0.3, 0.4) is 0 Å². The predicted octanol–water partition coefficient (Wildman–Crippen LogP) is 3.15. The molecule has 0 radical (unpaired) electrons. The van der Waals surface area contributed by atoms with Crippen molar-refractivity contribution in [3.05, 3.63) is 34.2 Å². The summed E-state index contributed by atoms with van der Waals surface area (Å²) in [5.41, 5.74) is 9.43. The molecular formula is C9H7BrN2S. The van der Waals surface area contributed by atoms with Crippen molar-refractivity contribution in [2.45, 2.75) is 0 Å². The van der Waals surface area contributed by atoms with Crippen LogP contribution in [0.25, 0.3) is 11.3 Å². The molecule has 0 spiro atoms. The summed E-state index contributed by atoms with van der Waals surface area (Å²) in [5, 5.41) is 0.756. The van der Waals surface area contributed by atoms with E-state index >= 15 is 0 Å². The van der Waals surface area contributed by atoms with Crippen LogP contribution in [0, 0.1) is 0 Å². The normalized spacial score (nSPS) is 10.2. The van der Waals surface area contributed by atoms with Gasteiger partial charge >= 0.3 is 0 Å². The Hall–Kier alpha value is -0.870. The Bertz CT molecular complexity index is 425. The maximum Gasteiger partial charge on any atom is 0.114 e. The first-order chi connectivity index (χ1) is 6.29. The Kier molecular flexibility index (Phi) is 2.33. The lowest BCUT2D eigenvalue weighted by Gasteiger charge is -2.00. The van der Waals surface area contributed by atoms with Crippen LogP contribution in [0.2, 0.25) is 0 Å². The lowest BCUT2D eigenvalue weighted by Crippen LogP contribution is -1.86. The van der Waals surface area contributed by atoms with Crippen molar-refractivity contribution in [3.8, 4) is 11.3 Å². The third-order valence-electron chi connectivity index (χ3n) is 1.72. The number of rotatable bonds is 1. The van der Waals surface area contributed by atoms with Gasteiger partial charge in [0.25, 0.3) is 0 Å². The standard InChI is InChI=1S/C9H7BrN2S/c10-7-4-2-1-3-6(7)8-9(11)13-5-12-8/h1-5H,11H2. The minimum Gasteiger partial charge on any atom is -0.389 e. The van der Waals surface area contributed by atoms with E-state index in [-0.39, 0.29) is 0 Å². The summed E-state index contributed by atoms with van der Waals surface area (Å²) in [4.78, 5) is 4.21. The van der Waals surface area contributed by atoms with Crippen LogP contribution in [-0.4, -0.2) is 4.98 Å². The Balaban J connectivity index is 2.59. The quantitative estimate of drug-likeness (QED) is 0.850. The third-order valence-corrected chi connectivity index (χ3v) is 3.07. The molecule has 2 aromatic rings. The van der Waals surface area contributed by atoms with Crippen molar-refractivity contribution in [2.24, 2.45) is 0 Å². The number of anilines is 1. The van der Waals surface area contributed by atoms with E-state index in [2.05, 4.69) is 20.9 Å². The number of aromatic nitrogens is 1. The van der Waals surface area contributed by atoms with Crippen molar-refractivity contribution in [3.63, 3.8) is 0 Å². The van der Waals surface area contributed by atoms with Crippen LogP contribution in [-0.2, 0) is 0 Å². The zero-order valence-electron chi connectivity index (χ0n) is 6.70. The summed E-state index contributed by atoms with van der Waals surface area (Å²) in [7, 11) is 0. The van der Waals surface area contributed by atoms with Gasteiger partial charge in [0.1, 0.15) is 10.7 Å². The van der Waals surface area contributed by atoms with Crippen LogP contribution in [0.1, 0.15) is 0 Å². The van der Waals surface area contributed by atoms with Gasteiger partial charge in [-0.2, -0.15) is 0 Å². The SMILES string of the molecule is Nc1scnc1-c1ccccc1Br. The van der Waals surface area contributed by atoms with E-state index in [1.165, 1.54) is 11.3 Å². The van der Waals surface area contributed by atoms with Gasteiger partial charge in [-0.05, 0) is 6.07 Å². The van der Waals surface area contributed by atoms with Crippen LogP contribution < -0.4 is 5.73 Å². The van der Waals surface area contributed by atoms with Crippen molar-refractivity contribution in [2.75, 3.05) is 5.73 Å². The molecular weight excluding hydrogens is 248 g/mol. The molecule has 0 unspecified atom stereocenters. The molecule has 1 heterocycles. The summed E-state index contributed by atoms with van der Waals surface area (Å²) >= 11 is 4.91. The van der Waals surface area contributed by atoms with Gasteiger partial charge in [0.05, 0.1) is 5.51 Å². The molecule has 2 nitrogen and oxygen atoms in total. The van der Waals surface area contributed by atoms with E-state index in [1.807, 2.05) is 24.3 Å². The molecule has 0 amide bonds. The van der Waals surface area contributed by atoms with E-state index in [0.29, 0.717) is 0 Å². The molecule has 2 N–H and O–H groups in total. The number of hydrogen-bond acceptors (Lipinski definition) is 3. The molecule has 66 valence electrons. The van der Waals surface area contributed by atoms with Gasteiger partial charge in [-0.15, -0.1) is 11.3 Å². The van der Waals surface area contributed by atoms with E-state index in [4.69, 9.17) is 5.73 Å². The lowest BCUT2D eigenvalue weighted by atomic mass is 10.2. The fraction of sp³-hybridized carbons (Fsp3) is 0. The number of nitrogen functional groups attached to an aromatic ring is 1. The van der Waals surface area contributed by atoms with Crippen LogP contribution in [0.15, 0.2) is 34.2 Å². The first-order valence-corrected chi connectivity index (χ1v) is 5.40. The number of nitrogens with zero attached hydrogens (tertiary/aromatic N) is 1. The second-order valence-electron chi connectivity index (χ2n) is 2.55. The molecule has 13 heavy (non-hydrogen) atoms. The second-order valence-corrected chi connectivity index (χ2v) is 4.29. The van der Waals surface area contributed by atoms with Gasteiger partial charge in [0, 0.05) is 10.0 Å². The Morgan fingerprint density at radius 1 is 1.31 bits per heavy atom. The molecule has 0 aliphatic carbocycles. The number of hydrogen-bond donors (Lipinski definition) is 1. The topological polar surface area (TPSA) is 38.9 Å². The van der Waals surface area contributed by atoms with E-state index < -0.39 is 0 Å². The fourth-order valence-electron chi connectivity index (χ4n) is 1.11. The Morgan fingerprint density at radius 3 is 2.69 bits per heavy atom. The van der Waals surface area contributed by atoms with Crippen LogP contribution in [0.4, 0.5) is 5.00 Å². The molecule has 4 heteroatoms. The van der Waals surface area contributed by atoms with Crippen LogP contribution in [0.5, 0.6) is 0 Å². The van der Waals surface area contributed by atoms with Gasteiger partial charge in [-0.1, -0.05) is 34.1 Å². The number of halogens is 1. The summed E-state index contributed by atoms with van der Waals surface area (Å²) in [6.45, 7) is 0. The highest BCUT2D eigenvalue weighted by Gasteiger charge is 2.07. The first kappa shape index (κ1) is 8.72. The molecule has 0 saturated heterocycles. The van der Waals surface area contributed by atoms with E-state index in [0.717, 1.165) is 20.7 Å². The molecule has 0 atom stereocenters. The van der Waals surface area contributed by atoms with Crippen molar-refractivity contribution in [1.29, 1.82) is 0 Å². The highest BCUT2D eigenvalue weighted by molar-refractivity contribution is 9.10. The average molecular weight is 255 g/mol. The van der Waals surface area contributed by atoms with E-state index in [1.54, 1.807) is 5.51 Å². The highest BCUT2D eigenvalue weighted by atomic mass is 79.9. The zero-order chi connectivity index (χ0) is 9.26. The molecule has 0 bridgehead atoms. The minimum absolute atomic E-state index is 0.756. The molecule has 0 aliphatic rings. The van der Waals surface area contributed by atoms with E-state index in [9.17, 15) is 0 Å². The molecule has 1 aromatic carbocycles. The number of nitrogens with two attached hydrogens (primary N) is 1. The van der Waals surface area contributed by atoms with Crippen LogP contribution >= 0.6 is 27.3 Å².